The summed E-state index contributed by atoms with van der Waals surface area (Å²) in [6.07, 6.45) is 0.326. The Morgan fingerprint density at radius 1 is 0.756 bits per heavy atom. The van der Waals surface area contributed by atoms with E-state index in [1.807, 2.05) is 31.2 Å². The van der Waals surface area contributed by atoms with Gasteiger partial charge in [0.1, 0.15) is 11.6 Å². The number of carbonyl (C=O) groups is 3. The van der Waals surface area contributed by atoms with E-state index >= 15 is 0 Å². The number of carboxylic acid groups (broad SMARTS) is 1. The first-order valence-electron chi connectivity index (χ1n) is 13.2. The van der Waals surface area contributed by atoms with Crippen molar-refractivity contribution in [3.05, 3.63) is 130 Å². The van der Waals surface area contributed by atoms with Crippen molar-refractivity contribution in [1.29, 1.82) is 0 Å². The maximum atomic E-state index is 14.1. The smallest absolute Gasteiger partial charge is 0.305 e. The van der Waals surface area contributed by atoms with Crippen LogP contribution in [0.1, 0.15) is 43.8 Å². The molecule has 0 heterocycles. The number of carboxylic acids is 1. The number of benzene rings is 4. The number of halogens is 2. The lowest BCUT2D eigenvalue weighted by atomic mass is 9.94. The zero-order valence-corrected chi connectivity index (χ0v) is 22.6. The third-order valence-electron chi connectivity index (χ3n) is 6.78. The first-order valence-corrected chi connectivity index (χ1v) is 13.2. The Balaban J connectivity index is 1.61. The molecular formula is C33H30F2N2O4. The molecule has 6 nitrogen and oxygen atoms in total. The Kier molecular flexibility index (Phi) is 9.58. The van der Waals surface area contributed by atoms with E-state index in [4.69, 9.17) is 0 Å². The Bertz CT molecular complexity index is 1530. The Morgan fingerprint density at radius 2 is 1.34 bits per heavy atom. The van der Waals surface area contributed by atoms with Crippen molar-refractivity contribution in [2.24, 2.45) is 0 Å². The first kappa shape index (κ1) is 29.1. The average Bonchev–Trinajstić information content (AvgIpc) is 2.97. The second-order valence-electron chi connectivity index (χ2n) is 9.65. The van der Waals surface area contributed by atoms with Gasteiger partial charge in [-0.3, -0.25) is 14.4 Å². The molecule has 4 aromatic carbocycles. The Hall–Kier alpha value is -4.85. The molecule has 4 aromatic rings. The average molecular weight is 557 g/mol. The molecule has 0 spiro atoms. The monoisotopic (exact) mass is 556 g/mol. The number of nitrogens with one attached hydrogen (secondary N) is 1. The summed E-state index contributed by atoms with van der Waals surface area (Å²) in [6.45, 7) is 1.96. The fourth-order valence-corrected chi connectivity index (χ4v) is 4.52. The van der Waals surface area contributed by atoms with Crippen LogP contribution in [0.5, 0.6) is 0 Å². The van der Waals surface area contributed by atoms with Crippen LogP contribution in [0, 0.1) is 18.6 Å². The summed E-state index contributed by atoms with van der Waals surface area (Å²) in [4.78, 5) is 39.9. The van der Waals surface area contributed by atoms with Crippen LogP contribution in [0.25, 0.3) is 11.1 Å². The van der Waals surface area contributed by atoms with Crippen LogP contribution >= 0.6 is 0 Å². The van der Waals surface area contributed by atoms with E-state index < -0.39 is 23.5 Å². The minimum atomic E-state index is -1.01. The zero-order valence-electron chi connectivity index (χ0n) is 22.6. The molecule has 2 amide bonds. The fourth-order valence-electron chi connectivity index (χ4n) is 4.52. The number of amides is 2. The highest BCUT2D eigenvalue weighted by Crippen LogP contribution is 2.29. The summed E-state index contributed by atoms with van der Waals surface area (Å²) in [5.74, 6) is -3.46. The summed E-state index contributed by atoms with van der Waals surface area (Å²) in [6, 6.07) is 24.9. The van der Waals surface area contributed by atoms with Crippen LogP contribution in [-0.4, -0.2) is 40.9 Å². The van der Waals surface area contributed by atoms with Gasteiger partial charge in [0.15, 0.2) is 0 Å². The molecule has 0 saturated carbocycles. The molecule has 0 saturated heterocycles. The van der Waals surface area contributed by atoms with Gasteiger partial charge in [0.25, 0.3) is 11.8 Å². The maximum absolute atomic E-state index is 14.1. The molecule has 0 bridgehead atoms. The quantitative estimate of drug-likeness (QED) is 0.236. The van der Waals surface area contributed by atoms with Gasteiger partial charge in [0.05, 0.1) is 6.42 Å². The normalized spacial score (nSPS) is 10.7. The molecule has 2 N–H and O–H groups in total. The van der Waals surface area contributed by atoms with Crippen LogP contribution in [0.2, 0.25) is 0 Å². The van der Waals surface area contributed by atoms with Crippen LogP contribution in [0.15, 0.2) is 91.0 Å². The first-order chi connectivity index (χ1) is 19.7. The number of aliphatic carboxylic acids is 1. The van der Waals surface area contributed by atoms with E-state index in [0.29, 0.717) is 29.7 Å². The third kappa shape index (κ3) is 7.42. The number of carbonyl (C=O) groups excluding carboxylic acids is 2. The molecule has 41 heavy (non-hydrogen) atoms. The molecule has 0 aliphatic heterocycles. The predicted octanol–water partition coefficient (Wildman–Crippen LogP) is 6.03. The van der Waals surface area contributed by atoms with Gasteiger partial charge in [-0.1, -0.05) is 72.3 Å². The van der Waals surface area contributed by atoms with Gasteiger partial charge in [0.2, 0.25) is 0 Å². The van der Waals surface area contributed by atoms with Crippen molar-refractivity contribution < 1.29 is 28.3 Å². The minimum Gasteiger partial charge on any atom is -0.481 e. The largest absolute Gasteiger partial charge is 0.481 e. The zero-order chi connectivity index (χ0) is 29.4. The van der Waals surface area contributed by atoms with E-state index in [1.54, 1.807) is 48.5 Å². The van der Waals surface area contributed by atoms with Crippen molar-refractivity contribution in [2.75, 3.05) is 13.1 Å². The number of rotatable bonds is 11. The van der Waals surface area contributed by atoms with E-state index in [2.05, 4.69) is 5.32 Å². The molecule has 0 aliphatic rings. The molecule has 0 unspecified atom stereocenters. The van der Waals surface area contributed by atoms with Crippen LogP contribution < -0.4 is 5.32 Å². The van der Waals surface area contributed by atoms with Crippen LogP contribution in [-0.2, 0) is 17.8 Å². The van der Waals surface area contributed by atoms with Crippen LogP contribution in [0.4, 0.5) is 8.78 Å². The van der Waals surface area contributed by atoms with E-state index in [1.165, 1.54) is 11.0 Å². The van der Waals surface area contributed by atoms with Gasteiger partial charge in [-0.05, 0) is 54.3 Å². The minimum absolute atomic E-state index is 0.0186. The van der Waals surface area contributed by atoms with Crippen LogP contribution in [0.3, 0.4) is 0 Å². The molecule has 0 fully saturated rings. The summed E-state index contributed by atoms with van der Waals surface area (Å²) in [7, 11) is 0. The highest BCUT2D eigenvalue weighted by molar-refractivity contribution is 6.06. The van der Waals surface area contributed by atoms with Gasteiger partial charge in [0, 0.05) is 36.3 Å². The second-order valence-corrected chi connectivity index (χ2v) is 9.65. The Morgan fingerprint density at radius 3 is 1.98 bits per heavy atom. The lowest BCUT2D eigenvalue weighted by molar-refractivity contribution is -0.137. The highest BCUT2D eigenvalue weighted by Gasteiger charge is 2.23. The molecular weight excluding hydrogens is 526 g/mol. The summed E-state index contributed by atoms with van der Waals surface area (Å²) in [5, 5.41) is 11.9. The maximum Gasteiger partial charge on any atom is 0.305 e. The van der Waals surface area contributed by atoms with Gasteiger partial charge in [-0.25, -0.2) is 8.78 Å². The summed E-state index contributed by atoms with van der Waals surface area (Å²) in [5.41, 5.74) is 3.35. The van der Waals surface area contributed by atoms with Crippen molar-refractivity contribution in [2.45, 2.75) is 26.3 Å². The molecule has 210 valence electrons. The standard InChI is InChI=1S/C33H30F2N2O4/c1-22-13-15-23(16-14-22)17-19-37(20-18-31(38)39)33(41)27-10-5-3-8-25(27)24-7-2-4-9-26(24)32(40)36-21-28-29(34)11-6-12-30(28)35/h2-16H,17-21H2,1H3,(H,36,40)(H,38,39). The number of hydrogen-bond acceptors (Lipinski definition) is 3. The van der Waals surface area contributed by atoms with E-state index in [9.17, 15) is 28.3 Å². The van der Waals surface area contributed by atoms with Gasteiger partial charge in [-0.15, -0.1) is 0 Å². The topological polar surface area (TPSA) is 86.7 Å². The summed E-state index contributed by atoms with van der Waals surface area (Å²) >= 11 is 0. The van der Waals surface area contributed by atoms with Crippen molar-refractivity contribution in [3.63, 3.8) is 0 Å². The number of nitrogens with zero attached hydrogens (tertiary/aromatic N) is 1. The highest BCUT2D eigenvalue weighted by atomic mass is 19.1. The molecule has 0 atom stereocenters. The molecule has 0 aromatic heterocycles. The SMILES string of the molecule is Cc1ccc(CCN(CCC(=O)O)C(=O)c2ccccc2-c2ccccc2C(=O)NCc2c(F)cccc2F)cc1. The fraction of sp³-hybridized carbons (Fsp3) is 0.182. The van der Waals surface area contributed by atoms with Gasteiger partial charge in [-0.2, -0.15) is 0 Å². The van der Waals surface area contributed by atoms with E-state index in [0.717, 1.165) is 23.3 Å². The van der Waals surface area contributed by atoms with Crippen molar-refractivity contribution in [1.82, 2.24) is 10.2 Å². The van der Waals surface area contributed by atoms with Gasteiger partial charge >= 0.3 is 5.97 Å². The lowest BCUT2D eigenvalue weighted by Crippen LogP contribution is -2.35. The molecule has 0 radical (unpaired) electrons. The van der Waals surface area contributed by atoms with E-state index in [-0.39, 0.29) is 36.5 Å². The van der Waals surface area contributed by atoms with Gasteiger partial charge < -0.3 is 15.3 Å². The van der Waals surface area contributed by atoms with Crippen molar-refractivity contribution >= 4 is 17.8 Å². The lowest BCUT2D eigenvalue weighted by Gasteiger charge is -2.24. The second kappa shape index (κ2) is 13.5. The number of hydrogen-bond donors (Lipinski definition) is 2. The molecule has 4 rings (SSSR count). The summed E-state index contributed by atoms with van der Waals surface area (Å²) < 4.78 is 28.2. The number of aryl methyl sites for hydroxylation is 1. The molecule has 0 aliphatic carbocycles. The molecule has 8 heteroatoms. The third-order valence-corrected chi connectivity index (χ3v) is 6.78. The predicted molar refractivity (Wildman–Crippen MR) is 152 cm³/mol. The van der Waals surface area contributed by atoms with Crippen molar-refractivity contribution in [3.8, 4) is 11.1 Å². The Labute approximate surface area is 237 Å².